The van der Waals surface area contributed by atoms with E-state index < -0.39 is 10.0 Å². The minimum Gasteiger partial charge on any atom is -0.314 e. The maximum absolute atomic E-state index is 11.2. The van der Waals surface area contributed by atoms with E-state index >= 15 is 0 Å². The number of rotatable bonds is 4. The second kappa shape index (κ2) is 4.39. The summed E-state index contributed by atoms with van der Waals surface area (Å²) in [7, 11) is -3.17. The van der Waals surface area contributed by atoms with E-state index in [-0.39, 0.29) is 12.1 Å². The molecule has 1 rings (SSSR count). The Morgan fingerprint density at radius 1 is 1.43 bits per heavy atom. The fourth-order valence-electron chi connectivity index (χ4n) is 0.997. The average molecular weight is 216 g/mol. The van der Waals surface area contributed by atoms with Gasteiger partial charge in [0, 0.05) is 25.4 Å². The molecule has 0 fully saturated rings. The number of nitrogens with zero attached hydrogens (tertiary/aromatic N) is 1. The van der Waals surface area contributed by atoms with Gasteiger partial charge in [0.25, 0.3) is 5.56 Å². The quantitative estimate of drug-likeness (QED) is 0.730. The van der Waals surface area contributed by atoms with Crippen molar-refractivity contribution >= 4 is 10.0 Å². The highest BCUT2D eigenvalue weighted by molar-refractivity contribution is 7.88. The second-order valence-electron chi connectivity index (χ2n) is 2.90. The molecule has 1 aromatic heterocycles. The van der Waals surface area contributed by atoms with Gasteiger partial charge in [-0.1, -0.05) is 6.07 Å². The molecule has 0 saturated heterocycles. The van der Waals surface area contributed by atoms with E-state index in [0.717, 1.165) is 6.26 Å². The smallest absolute Gasteiger partial charge is 0.250 e. The third kappa shape index (κ3) is 3.71. The van der Waals surface area contributed by atoms with E-state index in [4.69, 9.17) is 0 Å². The Hall–Kier alpha value is -1.14. The van der Waals surface area contributed by atoms with Crippen LogP contribution in [0, 0.1) is 0 Å². The molecular formula is C8H12N2O3S. The Labute approximate surface area is 82.4 Å². The van der Waals surface area contributed by atoms with Crippen LogP contribution in [0.5, 0.6) is 0 Å². The molecule has 0 aromatic carbocycles. The molecule has 1 heterocycles. The fourth-order valence-corrected chi connectivity index (χ4v) is 1.46. The van der Waals surface area contributed by atoms with Crippen LogP contribution < -0.4 is 10.3 Å². The van der Waals surface area contributed by atoms with Crippen molar-refractivity contribution in [1.29, 1.82) is 0 Å². The van der Waals surface area contributed by atoms with Crippen molar-refractivity contribution in [1.82, 2.24) is 9.29 Å². The molecule has 0 bridgehead atoms. The van der Waals surface area contributed by atoms with Gasteiger partial charge in [-0.25, -0.2) is 13.1 Å². The number of pyridine rings is 1. The molecular weight excluding hydrogens is 204 g/mol. The normalized spacial score (nSPS) is 11.5. The highest BCUT2D eigenvalue weighted by Gasteiger charge is 1.99. The third-order valence-corrected chi connectivity index (χ3v) is 2.34. The van der Waals surface area contributed by atoms with Gasteiger partial charge < -0.3 is 4.57 Å². The molecule has 0 saturated carbocycles. The molecule has 0 aliphatic heterocycles. The zero-order valence-electron chi connectivity index (χ0n) is 7.80. The molecule has 6 heteroatoms. The molecule has 0 aliphatic rings. The van der Waals surface area contributed by atoms with Crippen LogP contribution in [-0.4, -0.2) is 25.8 Å². The lowest BCUT2D eigenvalue weighted by molar-refractivity contribution is 0.576. The van der Waals surface area contributed by atoms with Gasteiger partial charge in [0.1, 0.15) is 0 Å². The summed E-state index contributed by atoms with van der Waals surface area (Å²) in [6.45, 7) is 0.565. The van der Waals surface area contributed by atoms with E-state index in [1.54, 1.807) is 18.3 Å². The van der Waals surface area contributed by atoms with Crippen LogP contribution in [0.25, 0.3) is 0 Å². The molecule has 0 amide bonds. The summed E-state index contributed by atoms with van der Waals surface area (Å²) in [5.41, 5.74) is -0.136. The maximum Gasteiger partial charge on any atom is 0.250 e. The van der Waals surface area contributed by atoms with Gasteiger partial charge in [-0.2, -0.15) is 0 Å². The lowest BCUT2D eigenvalue weighted by Gasteiger charge is -2.04. The minimum absolute atomic E-state index is 0.136. The molecule has 0 spiro atoms. The Balaban J connectivity index is 2.55. The average Bonchev–Trinajstić information content (AvgIpc) is 2.06. The molecule has 1 aromatic rings. The topological polar surface area (TPSA) is 68.2 Å². The molecule has 0 unspecified atom stereocenters. The van der Waals surface area contributed by atoms with E-state index in [1.807, 2.05) is 0 Å². The summed E-state index contributed by atoms with van der Waals surface area (Å²) in [5, 5.41) is 0. The van der Waals surface area contributed by atoms with Crippen LogP contribution >= 0.6 is 0 Å². The van der Waals surface area contributed by atoms with Gasteiger partial charge in [0.05, 0.1) is 6.26 Å². The van der Waals surface area contributed by atoms with Crippen molar-refractivity contribution in [2.75, 3.05) is 12.8 Å². The summed E-state index contributed by atoms with van der Waals surface area (Å²) in [4.78, 5) is 11.2. The lowest BCUT2D eigenvalue weighted by Crippen LogP contribution is -2.29. The number of hydrogen-bond donors (Lipinski definition) is 1. The first-order valence-electron chi connectivity index (χ1n) is 4.09. The molecule has 0 radical (unpaired) electrons. The number of sulfonamides is 1. The van der Waals surface area contributed by atoms with Gasteiger partial charge in [0.15, 0.2) is 0 Å². The van der Waals surface area contributed by atoms with Gasteiger partial charge in [0.2, 0.25) is 10.0 Å². The molecule has 5 nitrogen and oxygen atoms in total. The van der Waals surface area contributed by atoms with Crippen molar-refractivity contribution in [3.8, 4) is 0 Å². The second-order valence-corrected chi connectivity index (χ2v) is 4.73. The van der Waals surface area contributed by atoms with Crippen LogP contribution in [-0.2, 0) is 16.6 Å². The molecule has 0 aliphatic carbocycles. The van der Waals surface area contributed by atoms with Gasteiger partial charge in [-0.05, 0) is 6.07 Å². The van der Waals surface area contributed by atoms with Crippen molar-refractivity contribution in [3.05, 3.63) is 34.7 Å². The lowest BCUT2D eigenvalue weighted by atomic mass is 10.4. The highest BCUT2D eigenvalue weighted by Crippen LogP contribution is 1.82. The summed E-state index contributed by atoms with van der Waals surface area (Å²) >= 11 is 0. The van der Waals surface area contributed by atoms with Crippen molar-refractivity contribution < 1.29 is 8.42 Å². The molecule has 0 atom stereocenters. The highest BCUT2D eigenvalue weighted by atomic mass is 32.2. The summed E-state index contributed by atoms with van der Waals surface area (Å²) in [6.07, 6.45) is 2.70. The standard InChI is InChI=1S/C8H12N2O3S/c1-14(12,13)9-5-7-10-6-3-2-4-8(10)11/h2-4,6,9H,5,7H2,1H3. The number of hydrogen-bond acceptors (Lipinski definition) is 3. The van der Waals surface area contributed by atoms with Crippen LogP contribution in [0.15, 0.2) is 29.2 Å². The van der Waals surface area contributed by atoms with Gasteiger partial charge >= 0.3 is 0 Å². The molecule has 78 valence electrons. The van der Waals surface area contributed by atoms with E-state index in [2.05, 4.69) is 4.72 Å². The van der Waals surface area contributed by atoms with Crippen LogP contribution in [0.2, 0.25) is 0 Å². The van der Waals surface area contributed by atoms with Crippen molar-refractivity contribution in [3.63, 3.8) is 0 Å². The zero-order valence-corrected chi connectivity index (χ0v) is 8.62. The van der Waals surface area contributed by atoms with Gasteiger partial charge in [-0.15, -0.1) is 0 Å². The van der Waals surface area contributed by atoms with Crippen molar-refractivity contribution in [2.24, 2.45) is 0 Å². The third-order valence-electron chi connectivity index (χ3n) is 1.62. The van der Waals surface area contributed by atoms with Crippen LogP contribution in [0.1, 0.15) is 0 Å². The Kier molecular flexibility index (Phi) is 3.43. The summed E-state index contributed by atoms with van der Waals surface area (Å²) in [5.74, 6) is 0. The number of nitrogens with one attached hydrogen (secondary N) is 1. The monoisotopic (exact) mass is 216 g/mol. The maximum atomic E-state index is 11.2. The SMILES string of the molecule is CS(=O)(=O)NCCn1ccccc1=O. The van der Waals surface area contributed by atoms with Crippen molar-refractivity contribution in [2.45, 2.75) is 6.54 Å². The van der Waals surface area contributed by atoms with Crippen LogP contribution in [0.3, 0.4) is 0 Å². The predicted molar refractivity (Wildman–Crippen MR) is 53.5 cm³/mol. The van der Waals surface area contributed by atoms with Gasteiger partial charge in [-0.3, -0.25) is 4.79 Å². The zero-order chi connectivity index (χ0) is 10.6. The Morgan fingerprint density at radius 2 is 2.14 bits per heavy atom. The van der Waals surface area contributed by atoms with E-state index in [0.29, 0.717) is 6.54 Å². The first-order chi connectivity index (χ1) is 6.49. The first-order valence-corrected chi connectivity index (χ1v) is 5.98. The van der Waals surface area contributed by atoms with Crippen LogP contribution in [0.4, 0.5) is 0 Å². The minimum atomic E-state index is -3.17. The first kappa shape index (κ1) is 10.9. The summed E-state index contributed by atoms with van der Waals surface area (Å²) < 4.78 is 25.2. The molecule has 1 N–H and O–H groups in total. The Bertz CT molecular complexity index is 450. The molecule has 14 heavy (non-hydrogen) atoms. The summed E-state index contributed by atoms with van der Waals surface area (Å²) in [6, 6.07) is 4.80. The largest absolute Gasteiger partial charge is 0.314 e. The van der Waals surface area contributed by atoms with E-state index in [1.165, 1.54) is 10.6 Å². The Morgan fingerprint density at radius 3 is 2.71 bits per heavy atom. The van der Waals surface area contributed by atoms with E-state index in [9.17, 15) is 13.2 Å². The fraction of sp³-hybridized carbons (Fsp3) is 0.375. The number of aromatic nitrogens is 1. The predicted octanol–water partition coefficient (Wildman–Crippen LogP) is -0.603.